The van der Waals surface area contributed by atoms with Crippen LogP contribution in [0.2, 0.25) is 0 Å². The maximum Gasteiger partial charge on any atom is 0.0491 e. The fourth-order valence-electron chi connectivity index (χ4n) is 2.74. The molecule has 104 valence electrons. The van der Waals surface area contributed by atoms with Gasteiger partial charge in [-0.2, -0.15) is 5.10 Å². The van der Waals surface area contributed by atoms with Crippen LogP contribution in [0.1, 0.15) is 38.5 Å². The highest BCUT2D eigenvalue weighted by atomic mass is 35.5. The number of hydroxylamine groups is 2. The van der Waals surface area contributed by atoms with Gasteiger partial charge in [0, 0.05) is 24.7 Å². The summed E-state index contributed by atoms with van der Waals surface area (Å²) in [6.07, 6.45) is 8.46. The summed E-state index contributed by atoms with van der Waals surface area (Å²) in [6, 6.07) is 0.427. The topological polar surface area (TPSA) is 41.9 Å². The Morgan fingerprint density at radius 3 is 2.39 bits per heavy atom. The van der Waals surface area contributed by atoms with Crippen LogP contribution < -0.4 is 0 Å². The van der Waals surface area contributed by atoms with Gasteiger partial charge in [0.1, 0.15) is 0 Å². The van der Waals surface area contributed by atoms with Gasteiger partial charge >= 0.3 is 0 Å². The molecule has 18 heavy (non-hydrogen) atoms. The van der Waals surface area contributed by atoms with Crippen molar-refractivity contribution < 1.29 is 0 Å². The Bertz CT molecular complexity index is 271. The van der Waals surface area contributed by atoms with Gasteiger partial charge in [0.05, 0.1) is 0 Å². The first-order valence-electron chi connectivity index (χ1n) is 6.98. The van der Waals surface area contributed by atoms with Gasteiger partial charge in [-0.15, -0.1) is 11.6 Å². The molecule has 1 saturated heterocycles. The highest BCUT2D eigenvalue weighted by Crippen LogP contribution is 2.26. The summed E-state index contributed by atoms with van der Waals surface area (Å²) in [5.74, 6) is 0.585. The third-order valence-electron chi connectivity index (χ3n) is 4.11. The monoisotopic (exact) mass is 272 g/mol. The maximum absolute atomic E-state index is 11.1. The van der Waals surface area contributed by atoms with Crippen LogP contribution in [0.25, 0.3) is 0 Å². The van der Waals surface area contributed by atoms with E-state index in [1.807, 2.05) is 12.1 Å². The molecule has 4 nitrogen and oxygen atoms in total. The van der Waals surface area contributed by atoms with Gasteiger partial charge in [-0.1, -0.05) is 0 Å². The molecule has 1 aliphatic heterocycles. The first kappa shape index (κ1) is 14.1. The zero-order valence-corrected chi connectivity index (χ0v) is 11.9. The van der Waals surface area contributed by atoms with Crippen molar-refractivity contribution in [2.24, 2.45) is 11.0 Å². The highest BCUT2D eigenvalue weighted by molar-refractivity contribution is 6.20. The van der Waals surface area contributed by atoms with Crippen LogP contribution in [0.5, 0.6) is 0 Å². The average molecular weight is 273 g/mol. The third-order valence-corrected chi connectivity index (χ3v) is 4.55. The first-order chi connectivity index (χ1) is 8.65. The lowest BCUT2D eigenvalue weighted by Crippen LogP contribution is -2.39. The van der Waals surface area contributed by atoms with Crippen LogP contribution in [-0.4, -0.2) is 47.8 Å². The first-order valence-corrected chi connectivity index (χ1v) is 7.42. The van der Waals surface area contributed by atoms with Crippen molar-refractivity contribution in [2.45, 2.75) is 49.9 Å². The largest absolute Gasteiger partial charge is 0.785 e. The second-order valence-corrected chi connectivity index (χ2v) is 6.13. The van der Waals surface area contributed by atoms with Crippen LogP contribution in [0.4, 0.5) is 0 Å². The van der Waals surface area contributed by atoms with E-state index in [-0.39, 0.29) is 0 Å². The molecule has 2 fully saturated rings. The Hall–Kier alpha value is -0.320. The van der Waals surface area contributed by atoms with E-state index in [0.29, 0.717) is 30.4 Å². The number of hydrazone groups is 1. The van der Waals surface area contributed by atoms with Gasteiger partial charge in [0.25, 0.3) is 0 Å². The van der Waals surface area contributed by atoms with E-state index in [4.69, 9.17) is 11.6 Å². The molecular weight excluding hydrogens is 250 g/mol. The molecule has 2 aliphatic rings. The fourth-order valence-corrected chi connectivity index (χ4v) is 2.99. The number of rotatable bonds is 3. The lowest BCUT2D eigenvalue weighted by molar-refractivity contribution is 0.159. The highest BCUT2D eigenvalue weighted by Gasteiger charge is 2.20. The molecule has 0 aromatic carbocycles. The Morgan fingerprint density at radius 1 is 1.17 bits per heavy atom. The lowest BCUT2D eigenvalue weighted by atomic mass is 9.90. The van der Waals surface area contributed by atoms with Gasteiger partial charge < -0.3 is 10.3 Å². The average Bonchev–Trinajstić information content (AvgIpc) is 2.38. The zero-order chi connectivity index (χ0) is 13.0. The second-order valence-electron chi connectivity index (χ2n) is 5.51. The van der Waals surface area contributed by atoms with Crippen LogP contribution in [0, 0.1) is 11.1 Å². The number of nitrogens with zero attached hydrogens (tertiary/aromatic N) is 3. The smallest absolute Gasteiger partial charge is 0.0491 e. The molecule has 1 aliphatic carbocycles. The standard InChI is InChI=1S/C13H23ClN3O/c1-16(13-6-8-17(18)9-7-13)15-10-11-2-4-12(14)5-3-11/h10-13H,2-9H2,1H3/q-1. The Kier molecular flexibility index (Phi) is 5.27. The van der Waals surface area contributed by atoms with Crippen molar-refractivity contribution in [3.63, 3.8) is 0 Å². The minimum absolute atomic E-state index is 0.369. The quantitative estimate of drug-likeness (QED) is 0.451. The molecule has 0 amide bonds. The van der Waals surface area contributed by atoms with Crippen molar-refractivity contribution in [1.82, 2.24) is 10.1 Å². The Balaban J connectivity index is 1.74. The van der Waals surface area contributed by atoms with Crippen molar-refractivity contribution in [1.29, 1.82) is 0 Å². The van der Waals surface area contributed by atoms with E-state index in [1.54, 1.807) is 0 Å². The molecule has 0 atom stereocenters. The van der Waals surface area contributed by atoms with Crippen LogP contribution in [0.15, 0.2) is 5.10 Å². The molecule has 5 heteroatoms. The number of halogens is 1. The van der Waals surface area contributed by atoms with Gasteiger partial charge in [-0.05, 0) is 57.5 Å². The van der Waals surface area contributed by atoms with Crippen LogP contribution >= 0.6 is 11.6 Å². The zero-order valence-electron chi connectivity index (χ0n) is 11.1. The Morgan fingerprint density at radius 2 is 1.78 bits per heavy atom. The van der Waals surface area contributed by atoms with E-state index < -0.39 is 0 Å². The summed E-state index contributed by atoms with van der Waals surface area (Å²) in [5, 5.41) is 19.2. The summed E-state index contributed by atoms with van der Waals surface area (Å²) in [5.41, 5.74) is 0. The minimum atomic E-state index is 0.369. The molecule has 0 aromatic heterocycles. The lowest BCUT2D eigenvalue weighted by Gasteiger charge is -2.39. The molecule has 0 radical (unpaired) electrons. The molecule has 0 bridgehead atoms. The van der Waals surface area contributed by atoms with Crippen LogP contribution in [0.3, 0.4) is 0 Å². The van der Waals surface area contributed by atoms with E-state index in [0.717, 1.165) is 43.6 Å². The molecule has 0 aromatic rings. The maximum atomic E-state index is 11.1. The van der Waals surface area contributed by atoms with E-state index in [9.17, 15) is 5.21 Å². The normalized spacial score (nSPS) is 31.9. The molecule has 1 heterocycles. The molecule has 2 rings (SSSR count). The predicted octanol–water partition coefficient (Wildman–Crippen LogP) is 2.66. The molecule has 0 unspecified atom stereocenters. The predicted molar refractivity (Wildman–Crippen MR) is 75.8 cm³/mol. The molecule has 0 spiro atoms. The van der Waals surface area contributed by atoms with E-state index >= 15 is 0 Å². The number of hydrogen-bond donors (Lipinski definition) is 0. The number of alkyl halides is 1. The van der Waals surface area contributed by atoms with Crippen molar-refractivity contribution in [2.75, 3.05) is 20.1 Å². The van der Waals surface area contributed by atoms with Gasteiger partial charge in [-0.3, -0.25) is 5.01 Å². The van der Waals surface area contributed by atoms with E-state index in [2.05, 4.69) is 11.3 Å². The number of hydrogen-bond acceptors (Lipinski definition) is 4. The van der Waals surface area contributed by atoms with Gasteiger partial charge in [-0.25, -0.2) is 0 Å². The SMILES string of the molecule is CN(N=CC1CCC(Cl)CC1)C1CCN([O-])CC1. The van der Waals surface area contributed by atoms with Gasteiger partial charge in [0.15, 0.2) is 0 Å². The Labute approximate surface area is 115 Å². The van der Waals surface area contributed by atoms with Crippen molar-refractivity contribution in [3.05, 3.63) is 5.21 Å². The summed E-state index contributed by atoms with van der Waals surface area (Å²) in [7, 11) is 2.02. The summed E-state index contributed by atoms with van der Waals surface area (Å²) >= 11 is 6.09. The second kappa shape index (κ2) is 6.73. The van der Waals surface area contributed by atoms with E-state index in [1.165, 1.54) is 0 Å². The molecule has 0 N–H and O–H groups in total. The van der Waals surface area contributed by atoms with Gasteiger partial charge in [0.2, 0.25) is 0 Å². The fraction of sp³-hybridized carbons (Fsp3) is 0.923. The number of piperidine rings is 1. The summed E-state index contributed by atoms with van der Waals surface area (Å²) in [6.45, 7) is 1.28. The minimum Gasteiger partial charge on any atom is -0.785 e. The summed E-state index contributed by atoms with van der Waals surface area (Å²) < 4.78 is 0. The molecule has 1 saturated carbocycles. The third kappa shape index (κ3) is 4.11. The summed E-state index contributed by atoms with van der Waals surface area (Å²) in [4.78, 5) is 0. The van der Waals surface area contributed by atoms with Crippen molar-refractivity contribution in [3.8, 4) is 0 Å². The van der Waals surface area contributed by atoms with Crippen molar-refractivity contribution >= 4 is 17.8 Å². The molecular formula is C13H23ClN3O-. The van der Waals surface area contributed by atoms with Crippen LogP contribution in [-0.2, 0) is 0 Å².